The molecule has 2 unspecified atom stereocenters. The second-order valence-corrected chi connectivity index (χ2v) is 2.83. The fraction of sp³-hybridized carbons (Fsp3) is 1.00. The second kappa shape index (κ2) is 6.78. The van der Waals surface area contributed by atoms with Crippen LogP contribution in [0.15, 0.2) is 0 Å². The fourth-order valence-corrected chi connectivity index (χ4v) is 0.868. The number of hydrogen-bond acceptors (Lipinski definition) is 5. The van der Waals surface area contributed by atoms with Crippen molar-refractivity contribution >= 4 is 19.6 Å². The Labute approximate surface area is 67.0 Å². The number of rotatable bonds is 6. The van der Waals surface area contributed by atoms with Crippen LogP contribution >= 0.6 is 8.25 Å². The van der Waals surface area contributed by atoms with Crippen molar-refractivity contribution < 1.29 is 26.9 Å². The smallest absolute Gasteiger partial charge is 0.694 e. The van der Waals surface area contributed by atoms with Gasteiger partial charge in [0.25, 0.3) is 0 Å². The van der Waals surface area contributed by atoms with Crippen molar-refractivity contribution in [2.45, 2.75) is 6.42 Å². The summed E-state index contributed by atoms with van der Waals surface area (Å²) in [5, 5.41) is 0. The molecule has 0 heterocycles. The van der Waals surface area contributed by atoms with Gasteiger partial charge in [-0.15, -0.1) is 9.42 Å². The van der Waals surface area contributed by atoms with E-state index in [4.69, 9.17) is 4.89 Å². The van der Waals surface area contributed by atoms with E-state index in [0.717, 1.165) is 0 Å². The SMILES string of the molecule is O=[P+](O)OCCCOS(=O)[O-]. The summed E-state index contributed by atoms with van der Waals surface area (Å²) in [4.78, 5) is 8.09. The fourth-order valence-electron chi connectivity index (χ4n) is 0.329. The largest absolute Gasteiger partial charge is 0.750 e. The molecule has 0 spiro atoms. The molecule has 0 aromatic heterocycles. The van der Waals surface area contributed by atoms with Crippen LogP contribution in [-0.4, -0.2) is 26.9 Å². The zero-order valence-electron chi connectivity index (χ0n) is 5.47. The summed E-state index contributed by atoms with van der Waals surface area (Å²) < 4.78 is 37.6. The third kappa shape index (κ3) is 10.1. The van der Waals surface area contributed by atoms with Crippen molar-refractivity contribution in [2.24, 2.45) is 0 Å². The molecule has 0 aromatic carbocycles. The van der Waals surface area contributed by atoms with Gasteiger partial charge in [-0.05, 0) is 0 Å². The molecule has 0 bridgehead atoms. The van der Waals surface area contributed by atoms with Gasteiger partial charge in [-0.3, -0.25) is 0 Å². The van der Waals surface area contributed by atoms with Crippen LogP contribution in [0.2, 0.25) is 0 Å². The van der Waals surface area contributed by atoms with Gasteiger partial charge in [0.15, 0.2) is 0 Å². The van der Waals surface area contributed by atoms with Gasteiger partial charge in [0.1, 0.15) is 6.61 Å². The first-order chi connectivity index (χ1) is 5.13. The highest BCUT2D eigenvalue weighted by atomic mass is 32.2. The van der Waals surface area contributed by atoms with Crippen LogP contribution in [0.5, 0.6) is 0 Å². The van der Waals surface area contributed by atoms with Crippen LogP contribution in [-0.2, 0) is 24.6 Å². The van der Waals surface area contributed by atoms with Crippen LogP contribution in [0.4, 0.5) is 0 Å². The predicted molar refractivity (Wildman–Crippen MR) is 35.3 cm³/mol. The van der Waals surface area contributed by atoms with Crippen molar-refractivity contribution in [3.63, 3.8) is 0 Å². The Hall–Kier alpha value is 0.0900. The Kier molecular flexibility index (Phi) is 6.83. The lowest BCUT2D eigenvalue weighted by Crippen LogP contribution is -2.00. The van der Waals surface area contributed by atoms with Crippen molar-refractivity contribution in [3.8, 4) is 0 Å². The van der Waals surface area contributed by atoms with E-state index >= 15 is 0 Å². The number of hydrogen-bond donors (Lipinski definition) is 1. The highest BCUT2D eigenvalue weighted by molar-refractivity contribution is 7.74. The molecular weight excluding hydrogens is 195 g/mol. The van der Waals surface area contributed by atoms with Crippen molar-refractivity contribution in [1.82, 2.24) is 0 Å². The zero-order chi connectivity index (χ0) is 8.69. The Morgan fingerprint density at radius 1 is 1.55 bits per heavy atom. The molecule has 6 nitrogen and oxygen atoms in total. The van der Waals surface area contributed by atoms with E-state index in [-0.39, 0.29) is 19.6 Å². The summed E-state index contributed by atoms with van der Waals surface area (Å²) in [7, 11) is -2.59. The van der Waals surface area contributed by atoms with Crippen LogP contribution in [0.3, 0.4) is 0 Å². The molecule has 0 aliphatic heterocycles. The maximum atomic E-state index is 9.86. The Morgan fingerprint density at radius 3 is 2.64 bits per heavy atom. The van der Waals surface area contributed by atoms with Gasteiger partial charge in [0, 0.05) is 11.0 Å². The van der Waals surface area contributed by atoms with E-state index in [0.29, 0.717) is 0 Å². The molecule has 1 N–H and O–H groups in total. The highest BCUT2D eigenvalue weighted by Crippen LogP contribution is 2.13. The maximum absolute atomic E-state index is 9.86. The molecule has 8 heteroatoms. The van der Waals surface area contributed by atoms with Gasteiger partial charge in [-0.25, -0.2) is 4.21 Å². The van der Waals surface area contributed by atoms with Gasteiger partial charge in [-0.2, -0.15) is 0 Å². The highest BCUT2D eigenvalue weighted by Gasteiger charge is 2.09. The van der Waals surface area contributed by atoms with Gasteiger partial charge >= 0.3 is 8.25 Å². The average Bonchev–Trinajstić information content (AvgIpc) is 1.85. The van der Waals surface area contributed by atoms with Gasteiger partial charge in [-0.1, -0.05) is 0 Å². The molecule has 2 atom stereocenters. The molecule has 0 aromatic rings. The molecule has 0 rings (SSSR count). The first kappa shape index (κ1) is 11.1. The zero-order valence-corrected chi connectivity index (χ0v) is 7.18. The average molecular weight is 202 g/mol. The summed E-state index contributed by atoms with van der Waals surface area (Å²) in [5.74, 6) is 0. The van der Waals surface area contributed by atoms with Crippen molar-refractivity contribution in [1.29, 1.82) is 0 Å². The third-order valence-electron chi connectivity index (χ3n) is 0.670. The van der Waals surface area contributed by atoms with E-state index in [1.54, 1.807) is 0 Å². The van der Waals surface area contributed by atoms with Crippen LogP contribution in [0, 0.1) is 0 Å². The normalized spacial score (nSPS) is 14.5. The minimum atomic E-state index is -2.59. The molecule has 0 aliphatic carbocycles. The Balaban J connectivity index is 3.03. The first-order valence-electron chi connectivity index (χ1n) is 2.64. The van der Waals surface area contributed by atoms with E-state index in [1.807, 2.05) is 0 Å². The molecule has 0 fully saturated rings. The predicted octanol–water partition coefficient (Wildman–Crippen LogP) is -0.147. The van der Waals surface area contributed by atoms with E-state index in [9.17, 15) is 13.3 Å². The molecule has 0 saturated heterocycles. The van der Waals surface area contributed by atoms with E-state index < -0.39 is 19.6 Å². The second-order valence-electron chi connectivity index (χ2n) is 1.45. The molecule has 11 heavy (non-hydrogen) atoms. The van der Waals surface area contributed by atoms with Gasteiger partial charge in [0.2, 0.25) is 0 Å². The monoisotopic (exact) mass is 202 g/mol. The third-order valence-corrected chi connectivity index (χ3v) is 1.43. The summed E-state index contributed by atoms with van der Waals surface area (Å²) in [5.41, 5.74) is 0. The van der Waals surface area contributed by atoms with Crippen LogP contribution in [0.25, 0.3) is 0 Å². The molecule has 0 radical (unpaired) electrons. The quantitative estimate of drug-likeness (QED) is 0.365. The lowest BCUT2D eigenvalue weighted by molar-refractivity contribution is 0.234. The summed E-state index contributed by atoms with van der Waals surface area (Å²) >= 11 is -2.52. The van der Waals surface area contributed by atoms with Crippen LogP contribution in [0.1, 0.15) is 6.42 Å². The Bertz CT molecular complexity index is 133. The van der Waals surface area contributed by atoms with Crippen LogP contribution < -0.4 is 0 Å². The van der Waals surface area contributed by atoms with E-state index in [1.165, 1.54) is 0 Å². The van der Waals surface area contributed by atoms with Gasteiger partial charge in [0.05, 0.1) is 18.0 Å². The maximum Gasteiger partial charge on any atom is 0.694 e. The standard InChI is InChI=1S/C3H7O6PS/c4-10(5)8-2-1-3-9-11(6)7/h1-3H2,(H-,4,5,6,7). The molecular formula is C3H7O6PS. The minimum Gasteiger partial charge on any atom is -0.750 e. The summed E-state index contributed by atoms with van der Waals surface area (Å²) in [6.07, 6.45) is 0.260. The molecule has 0 aliphatic rings. The van der Waals surface area contributed by atoms with Crippen molar-refractivity contribution in [2.75, 3.05) is 13.2 Å². The lowest BCUT2D eigenvalue weighted by Gasteiger charge is -2.02. The van der Waals surface area contributed by atoms with Gasteiger partial charge < -0.3 is 8.74 Å². The lowest BCUT2D eigenvalue weighted by atomic mass is 10.5. The summed E-state index contributed by atoms with van der Waals surface area (Å²) in [6.45, 7) is -0.0395. The van der Waals surface area contributed by atoms with E-state index in [2.05, 4.69) is 8.71 Å². The molecule has 66 valence electrons. The minimum absolute atomic E-state index is 0.00288. The molecule has 0 saturated carbocycles. The topological polar surface area (TPSA) is 95.9 Å². The Morgan fingerprint density at radius 2 is 2.18 bits per heavy atom. The molecule has 0 amide bonds. The van der Waals surface area contributed by atoms with Crippen molar-refractivity contribution in [3.05, 3.63) is 0 Å². The first-order valence-corrected chi connectivity index (χ1v) is 4.77. The summed E-state index contributed by atoms with van der Waals surface area (Å²) in [6, 6.07) is 0.